The summed E-state index contributed by atoms with van der Waals surface area (Å²) in [7, 11) is 0. The average molecular weight is 492 g/mol. The topological polar surface area (TPSA) is 109 Å². The summed E-state index contributed by atoms with van der Waals surface area (Å²) in [6.45, 7) is 2.10. The Morgan fingerprint density at radius 3 is 2.43 bits per heavy atom. The van der Waals surface area contributed by atoms with Crippen LogP contribution in [0, 0.1) is 12.7 Å². The predicted octanol–water partition coefficient (Wildman–Crippen LogP) is 6.78. The maximum atomic E-state index is 14.2. The van der Waals surface area contributed by atoms with Crippen molar-refractivity contribution in [3.63, 3.8) is 0 Å². The van der Waals surface area contributed by atoms with Crippen LogP contribution >= 0.6 is 0 Å². The number of hydrogen-bond donors (Lipinski definition) is 2. The van der Waals surface area contributed by atoms with E-state index in [1.54, 1.807) is 36.8 Å². The molecule has 182 valence electrons. The molecule has 0 aliphatic carbocycles. The Bertz CT molecular complexity index is 1550. The number of phenolic OH excluding ortho intramolecular Hbond substituents is 1. The lowest BCUT2D eigenvalue weighted by Gasteiger charge is -2.08. The van der Waals surface area contributed by atoms with E-state index >= 15 is 0 Å². The minimum atomic E-state index is -0.551. The van der Waals surface area contributed by atoms with Crippen LogP contribution in [0.1, 0.15) is 11.3 Å². The Morgan fingerprint density at radius 1 is 0.838 bits per heavy atom. The summed E-state index contributed by atoms with van der Waals surface area (Å²) in [5.41, 5.74) is 5.97. The Kier molecular flexibility index (Phi) is 6.84. The van der Waals surface area contributed by atoms with Gasteiger partial charge in [0.1, 0.15) is 18.0 Å². The second kappa shape index (κ2) is 10.7. The minimum Gasteiger partial charge on any atom is -0.508 e. The molecule has 0 atom stereocenters. The van der Waals surface area contributed by atoms with Crippen LogP contribution in [0.2, 0.25) is 0 Å². The van der Waals surface area contributed by atoms with Crippen LogP contribution in [0.25, 0.3) is 22.4 Å². The first-order chi connectivity index (χ1) is 18.0. The summed E-state index contributed by atoms with van der Waals surface area (Å²) in [5.74, 6) is -0.254. The fraction of sp³-hybridized carbons (Fsp3) is 0.0714. The van der Waals surface area contributed by atoms with E-state index in [4.69, 9.17) is 0 Å². The predicted molar refractivity (Wildman–Crippen MR) is 139 cm³/mol. The molecule has 37 heavy (non-hydrogen) atoms. The molecule has 0 fully saturated rings. The van der Waals surface area contributed by atoms with Crippen LogP contribution in [-0.2, 0) is 6.54 Å². The van der Waals surface area contributed by atoms with Crippen molar-refractivity contribution >= 4 is 17.3 Å². The number of aryl methyl sites for hydroxylation is 1. The van der Waals surface area contributed by atoms with Gasteiger partial charge in [-0.3, -0.25) is 9.97 Å². The van der Waals surface area contributed by atoms with E-state index in [1.807, 2.05) is 55.5 Å². The standard InChI is InChI=1S/C28H22FN7O/c1-18-11-21(14-30-13-18)27-26(29)17-32-28(35-27)36-33-16-23-9-10-24(15-31-23)34-22-7-5-19(6-8-22)20-3-2-4-25(37)12-20/h2-15,17,34,37H,16H2,1H3. The van der Waals surface area contributed by atoms with Crippen LogP contribution in [0.15, 0.2) is 102 Å². The largest absolute Gasteiger partial charge is 0.508 e. The van der Waals surface area contributed by atoms with E-state index < -0.39 is 5.82 Å². The number of nitrogens with zero attached hydrogens (tertiary/aromatic N) is 6. The van der Waals surface area contributed by atoms with Crippen LogP contribution in [0.4, 0.5) is 21.7 Å². The lowest BCUT2D eigenvalue weighted by atomic mass is 10.1. The quantitative estimate of drug-likeness (QED) is 0.243. The Balaban J connectivity index is 1.20. The number of rotatable bonds is 7. The van der Waals surface area contributed by atoms with E-state index in [9.17, 15) is 9.50 Å². The molecule has 8 nitrogen and oxygen atoms in total. The van der Waals surface area contributed by atoms with E-state index in [-0.39, 0.29) is 23.9 Å². The summed E-state index contributed by atoms with van der Waals surface area (Å²) in [5, 5.41) is 21.1. The second-order valence-corrected chi connectivity index (χ2v) is 8.31. The van der Waals surface area contributed by atoms with Crippen molar-refractivity contribution in [1.29, 1.82) is 0 Å². The summed E-state index contributed by atoms with van der Waals surface area (Å²) in [4.78, 5) is 16.6. The van der Waals surface area contributed by atoms with Crippen LogP contribution in [0.5, 0.6) is 5.75 Å². The minimum absolute atomic E-state index is 0.0605. The average Bonchev–Trinajstić information content (AvgIpc) is 2.91. The van der Waals surface area contributed by atoms with Gasteiger partial charge in [-0.05, 0) is 66.1 Å². The molecular formula is C28H22FN7O. The highest BCUT2D eigenvalue weighted by Gasteiger charge is 2.10. The number of azo groups is 1. The number of aromatic nitrogens is 4. The Morgan fingerprint density at radius 2 is 1.68 bits per heavy atom. The maximum absolute atomic E-state index is 14.2. The van der Waals surface area contributed by atoms with E-state index in [1.165, 1.54) is 0 Å². The van der Waals surface area contributed by atoms with Gasteiger partial charge in [-0.1, -0.05) is 24.3 Å². The van der Waals surface area contributed by atoms with Crippen LogP contribution in [-0.4, -0.2) is 25.0 Å². The number of nitrogens with one attached hydrogen (secondary N) is 1. The third-order valence-corrected chi connectivity index (χ3v) is 5.45. The zero-order chi connectivity index (χ0) is 25.6. The third kappa shape index (κ3) is 5.96. The zero-order valence-corrected chi connectivity index (χ0v) is 19.9. The Labute approximate surface area is 212 Å². The monoisotopic (exact) mass is 491 g/mol. The molecule has 9 heteroatoms. The van der Waals surface area contributed by atoms with Crippen molar-refractivity contribution < 1.29 is 9.50 Å². The highest BCUT2D eigenvalue weighted by Crippen LogP contribution is 2.26. The maximum Gasteiger partial charge on any atom is 0.269 e. The number of hydrogen-bond acceptors (Lipinski definition) is 8. The van der Waals surface area contributed by atoms with Gasteiger partial charge in [0.25, 0.3) is 5.95 Å². The van der Waals surface area contributed by atoms with Gasteiger partial charge in [0.2, 0.25) is 0 Å². The molecule has 2 N–H and O–H groups in total. The summed E-state index contributed by atoms with van der Waals surface area (Å²) in [6.07, 6.45) is 6.02. The van der Waals surface area contributed by atoms with Gasteiger partial charge in [-0.15, -0.1) is 5.11 Å². The molecule has 0 saturated carbocycles. The number of pyridine rings is 2. The molecule has 0 bridgehead atoms. The number of phenols is 1. The first kappa shape index (κ1) is 23.7. The van der Waals surface area contributed by atoms with Gasteiger partial charge < -0.3 is 10.4 Å². The van der Waals surface area contributed by atoms with Crippen LogP contribution < -0.4 is 5.32 Å². The van der Waals surface area contributed by atoms with Gasteiger partial charge in [-0.2, -0.15) is 5.11 Å². The molecule has 0 saturated heterocycles. The van der Waals surface area contributed by atoms with Crippen molar-refractivity contribution in [3.05, 3.63) is 109 Å². The van der Waals surface area contributed by atoms with Crippen molar-refractivity contribution in [2.75, 3.05) is 5.32 Å². The molecule has 0 aliphatic heterocycles. The normalized spacial score (nSPS) is 11.1. The van der Waals surface area contributed by atoms with Crippen LogP contribution in [0.3, 0.4) is 0 Å². The zero-order valence-electron chi connectivity index (χ0n) is 19.9. The molecule has 0 unspecified atom stereocenters. The van der Waals surface area contributed by atoms with Gasteiger partial charge in [0, 0.05) is 23.6 Å². The van der Waals surface area contributed by atoms with Crippen molar-refractivity contribution in [2.45, 2.75) is 13.5 Å². The molecule has 5 rings (SSSR count). The van der Waals surface area contributed by atoms with E-state index in [0.717, 1.165) is 34.3 Å². The molecular weight excluding hydrogens is 469 g/mol. The summed E-state index contributed by atoms with van der Waals surface area (Å²) >= 11 is 0. The molecule has 5 aromatic rings. The van der Waals surface area contributed by atoms with E-state index in [2.05, 4.69) is 35.5 Å². The molecule has 0 aliphatic rings. The lowest BCUT2D eigenvalue weighted by molar-refractivity contribution is 0.475. The summed E-state index contributed by atoms with van der Waals surface area (Å²) in [6, 6.07) is 20.6. The van der Waals surface area contributed by atoms with Gasteiger partial charge in [0.15, 0.2) is 5.82 Å². The summed E-state index contributed by atoms with van der Waals surface area (Å²) < 4.78 is 14.2. The smallest absolute Gasteiger partial charge is 0.269 e. The number of aromatic hydroxyl groups is 1. The Hall–Kier alpha value is -5.05. The van der Waals surface area contributed by atoms with Crippen molar-refractivity contribution in [1.82, 2.24) is 19.9 Å². The molecule has 0 radical (unpaired) electrons. The van der Waals surface area contributed by atoms with Crippen molar-refractivity contribution in [3.8, 4) is 28.1 Å². The molecule has 3 aromatic heterocycles. The fourth-order valence-corrected chi connectivity index (χ4v) is 3.65. The highest BCUT2D eigenvalue weighted by molar-refractivity contribution is 5.69. The lowest BCUT2D eigenvalue weighted by Crippen LogP contribution is -1.94. The van der Waals surface area contributed by atoms with Gasteiger partial charge in [0.05, 0.1) is 23.8 Å². The molecule has 3 heterocycles. The molecule has 2 aromatic carbocycles. The number of halogens is 1. The number of anilines is 2. The third-order valence-electron chi connectivity index (χ3n) is 5.45. The van der Waals surface area contributed by atoms with Crippen molar-refractivity contribution in [2.24, 2.45) is 10.2 Å². The molecule has 0 spiro atoms. The van der Waals surface area contributed by atoms with Gasteiger partial charge in [-0.25, -0.2) is 14.4 Å². The van der Waals surface area contributed by atoms with E-state index in [0.29, 0.717) is 11.3 Å². The fourth-order valence-electron chi connectivity index (χ4n) is 3.65. The molecule has 0 amide bonds. The first-order valence-electron chi connectivity index (χ1n) is 11.5. The second-order valence-electron chi connectivity index (χ2n) is 8.31. The SMILES string of the molecule is Cc1cncc(-c2nc(N=NCc3ccc(Nc4ccc(-c5cccc(O)c5)cc4)cn3)ncc2F)c1. The number of benzene rings is 2. The van der Waals surface area contributed by atoms with Gasteiger partial charge >= 0.3 is 0 Å². The highest BCUT2D eigenvalue weighted by atomic mass is 19.1. The first-order valence-corrected chi connectivity index (χ1v) is 11.5.